The van der Waals surface area contributed by atoms with E-state index in [1.165, 1.54) is 27.4 Å². The van der Waals surface area contributed by atoms with Gasteiger partial charge in [0.2, 0.25) is 12.6 Å². The second-order valence-corrected chi connectivity index (χ2v) is 14.4. The van der Waals surface area contributed by atoms with E-state index in [9.17, 15) is 45.3 Å². The Hall–Kier alpha value is -2.50. The van der Waals surface area contributed by atoms with Crippen LogP contribution in [0.15, 0.2) is 23.7 Å². The number of esters is 2. The molecular weight excluding hydrogens is 712 g/mol. The van der Waals surface area contributed by atoms with Gasteiger partial charge in [-0.15, -0.1) is 0 Å². The fraction of sp³-hybridized carbons (Fsp3) is 0.824. The Bertz CT molecular complexity index is 1370. The van der Waals surface area contributed by atoms with E-state index in [1.807, 2.05) is 0 Å². The normalized spacial score (nSPS) is 48.2. The number of ether oxygens (including phenoxy) is 10. The molecule has 0 aromatic carbocycles. The average molecular weight is 763 g/mol. The first-order valence-corrected chi connectivity index (χ1v) is 17.7. The van der Waals surface area contributed by atoms with Crippen molar-refractivity contribution in [2.75, 3.05) is 20.8 Å². The molecule has 6 aliphatic rings. The van der Waals surface area contributed by atoms with Crippen molar-refractivity contribution in [2.45, 2.75) is 126 Å². The highest BCUT2D eigenvalue weighted by Crippen LogP contribution is 2.48. The minimum atomic E-state index is -1.73. The molecule has 20 atom stereocenters. The number of carbonyl (C=O) groups excluding carboxylic acids is 2. The predicted octanol–water partition coefficient (Wildman–Crippen LogP) is -2.50. The zero-order valence-corrected chi connectivity index (χ0v) is 29.9. The van der Waals surface area contributed by atoms with Crippen LogP contribution >= 0.6 is 0 Å². The van der Waals surface area contributed by atoms with E-state index in [2.05, 4.69) is 0 Å². The summed E-state index contributed by atoms with van der Waals surface area (Å²) in [5, 5.41) is 74.4. The number of carbonyl (C=O) groups is 2. The van der Waals surface area contributed by atoms with E-state index in [4.69, 9.17) is 47.4 Å². The van der Waals surface area contributed by atoms with E-state index >= 15 is 0 Å². The molecule has 0 amide bonds. The Labute approximate surface area is 304 Å². The number of aliphatic hydroxyl groups is 7. The number of hydrogen-bond acceptors (Lipinski definition) is 19. The van der Waals surface area contributed by atoms with Crippen molar-refractivity contribution < 1.29 is 92.7 Å². The van der Waals surface area contributed by atoms with E-state index in [-0.39, 0.29) is 29.9 Å². The molecule has 19 heteroatoms. The topological polar surface area (TPSA) is 268 Å². The molecule has 4 fully saturated rings. The van der Waals surface area contributed by atoms with Gasteiger partial charge in [0.1, 0.15) is 42.7 Å². The fourth-order valence-electron chi connectivity index (χ4n) is 8.35. The summed E-state index contributed by atoms with van der Waals surface area (Å²) in [4.78, 5) is 25.2. The van der Waals surface area contributed by atoms with Crippen molar-refractivity contribution >= 4 is 11.9 Å². The molecule has 7 N–H and O–H groups in total. The van der Waals surface area contributed by atoms with Crippen LogP contribution in [0.3, 0.4) is 0 Å². The second kappa shape index (κ2) is 16.3. The first-order chi connectivity index (χ1) is 25.2. The molecular formula is C34H50O19. The summed E-state index contributed by atoms with van der Waals surface area (Å²) in [6.45, 7) is 4.25. The van der Waals surface area contributed by atoms with Gasteiger partial charge in [-0.2, -0.15) is 0 Å². The monoisotopic (exact) mass is 762 g/mol. The van der Waals surface area contributed by atoms with Crippen molar-refractivity contribution in [3.8, 4) is 0 Å². The predicted molar refractivity (Wildman–Crippen MR) is 170 cm³/mol. The third kappa shape index (κ3) is 7.57. The summed E-state index contributed by atoms with van der Waals surface area (Å²) in [6, 6.07) is 0. The molecule has 0 aromatic rings. The van der Waals surface area contributed by atoms with Crippen LogP contribution in [-0.2, 0) is 57.0 Å². The lowest BCUT2D eigenvalue weighted by Gasteiger charge is -2.49. The van der Waals surface area contributed by atoms with Gasteiger partial charge in [0.25, 0.3) is 0 Å². The van der Waals surface area contributed by atoms with Crippen LogP contribution in [0.4, 0.5) is 0 Å². The SMILES string of the molecule is COC(=O)C1=CO[C@@H](O[C@@H]2O[C@H](CO)[C@@H](O[C@H]3C[C@@H]4C(C(=O)OC)=CO[C@@H](O[C@@H]5O[C@H](C)[C@@H](O)[C@H](O)[C@H]5O)[C@@H]4[C@H](C)O3)[C@H](O)[C@H]2O)[C@@H]2[C@@H](C)[C@@H](O)C[C@H]12. The molecule has 0 bridgehead atoms. The zero-order chi connectivity index (χ0) is 38.5. The third-order valence-electron chi connectivity index (χ3n) is 11.4. The number of fused-ring (bicyclic) bond motifs is 2. The first kappa shape index (κ1) is 40.2. The lowest BCUT2D eigenvalue weighted by atomic mass is 9.77. The minimum Gasteiger partial charge on any atom is -0.472 e. The van der Waals surface area contributed by atoms with Crippen LogP contribution in [0.5, 0.6) is 0 Å². The Balaban J connectivity index is 1.15. The molecule has 0 unspecified atom stereocenters. The summed E-state index contributed by atoms with van der Waals surface area (Å²) < 4.78 is 57.1. The Morgan fingerprint density at radius 1 is 0.660 bits per heavy atom. The highest BCUT2D eigenvalue weighted by atomic mass is 16.8. The Kier molecular flexibility index (Phi) is 12.4. The van der Waals surface area contributed by atoms with Gasteiger partial charge in [-0.1, -0.05) is 6.92 Å². The van der Waals surface area contributed by atoms with Crippen molar-refractivity contribution in [2.24, 2.45) is 29.6 Å². The molecule has 1 aliphatic carbocycles. The van der Waals surface area contributed by atoms with Gasteiger partial charge in [0.15, 0.2) is 18.9 Å². The number of methoxy groups -OCH3 is 2. The third-order valence-corrected chi connectivity index (χ3v) is 11.4. The minimum absolute atomic E-state index is 0.0313. The highest BCUT2D eigenvalue weighted by Gasteiger charge is 2.56. The molecule has 0 aromatic heterocycles. The van der Waals surface area contributed by atoms with Gasteiger partial charge in [0.05, 0.1) is 68.7 Å². The van der Waals surface area contributed by atoms with Crippen molar-refractivity contribution in [1.29, 1.82) is 0 Å². The Morgan fingerprint density at radius 2 is 1.21 bits per heavy atom. The molecule has 6 rings (SSSR count). The molecule has 5 aliphatic heterocycles. The quantitative estimate of drug-likeness (QED) is 0.120. The van der Waals surface area contributed by atoms with Gasteiger partial charge >= 0.3 is 11.9 Å². The Morgan fingerprint density at radius 3 is 1.79 bits per heavy atom. The lowest BCUT2D eigenvalue weighted by molar-refractivity contribution is -0.370. The maximum atomic E-state index is 12.9. The summed E-state index contributed by atoms with van der Waals surface area (Å²) in [6.07, 6.45) is -16.8. The summed E-state index contributed by atoms with van der Waals surface area (Å²) in [5.41, 5.74) is 0.349. The van der Waals surface area contributed by atoms with Gasteiger partial charge < -0.3 is 83.1 Å². The summed E-state index contributed by atoms with van der Waals surface area (Å²) in [5.74, 6) is -4.15. The maximum Gasteiger partial charge on any atom is 0.337 e. The molecule has 0 radical (unpaired) electrons. The summed E-state index contributed by atoms with van der Waals surface area (Å²) in [7, 11) is 2.43. The van der Waals surface area contributed by atoms with Gasteiger partial charge in [-0.05, 0) is 26.2 Å². The van der Waals surface area contributed by atoms with Gasteiger partial charge in [-0.25, -0.2) is 9.59 Å². The van der Waals surface area contributed by atoms with E-state index < -0.39 is 135 Å². The van der Waals surface area contributed by atoms with Crippen LogP contribution in [-0.4, -0.2) is 161 Å². The molecule has 1 saturated carbocycles. The molecule has 300 valence electrons. The summed E-state index contributed by atoms with van der Waals surface area (Å²) >= 11 is 0. The fourth-order valence-corrected chi connectivity index (χ4v) is 8.35. The van der Waals surface area contributed by atoms with E-state index in [1.54, 1.807) is 13.8 Å². The van der Waals surface area contributed by atoms with E-state index in [0.29, 0.717) is 0 Å². The molecule has 5 heterocycles. The second-order valence-electron chi connectivity index (χ2n) is 14.4. The lowest BCUT2D eigenvalue weighted by Crippen LogP contribution is -2.62. The highest BCUT2D eigenvalue weighted by molar-refractivity contribution is 5.89. The number of hydrogen-bond donors (Lipinski definition) is 7. The molecule has 0 spiro atoms. The van der Waals surface area contributed by atoms with Crippen LogP contribution in [0.2, 0.25) is 0 Å². The van der Waals surface area contributed by atoms with Gasteiger partial charge in [-0.3, -0.25) is 0 Å². The zero-order valence-electron chi connectivity index (χ0n) is 29.9. The maximum absolute atomic E-state index is 12.9. The average Bonchev–Trinajstić information content (AvgIpc) is 3.45. The number of rotatable bonds is 9. The molecule has 3 saturated heterocycles. The van der Waals surface area contributed by atoms with Crippen LogP contribution in [0.1, 0.15) is 33.6 Å². The molecule has 53 heavy (non-hydrogen) atoms. The van der Waals surface area contributed by atoms with Crippen molar-refractivity contribution in [3.05, 3.63) is 23.7 Å². The number of aliphatic hydroxyl groups excluding tert-OH is 7. The van der Waals surface area contributed by atoms with E-state index in [0.717, 1.165) is 6.26 Å². The van der Waals surface area contributed by atoms with Crippen molar-refractivity contribution in [1.82, 2.24) is 0 Å². The van der Waals surface area contributed by atoms with Crippen LogP contribution in [0, 0.1) is 29.6 Å². The standard InChI is InChI=1S/C34H50O19/c1-11-18(36)6-14-16(29(42)44-4)9-46-31(21(11)14)52-34-27(41)25(39)28(19(8-35)50-34)51-20-7-15-17(30(43)45-5)10-47-32(22(15)12(2)48-20)53-33-26(40)24(38)23(37)13(3)49-33/h9-15,18-28,31-41H,6-8H2,1-5H3/t11-,12-,13+,14+,15+,18-,19+,20-,21+,22+,23+,24-,25+,26+,27+,28+,31-,32-,33-,34-/m0/s1. The van der Waals surface area contributed by atoms with Crippen LogP contribution < -0.4 is 0 Å². The molecule has 19 nitrogen and oxygen atoms in total. The smallest absolute Gasteiger partial charge is 0.337 e. The van der Waals surface area contributed by atoms with Crippen molar-refractivity contribution in [3.63, 3.8) is 0 Å². The largest absolute Gasteiger partial charge is 0.472 e. The first-order valence-electron chi connectivity index (χ1n) is 17.7. The van der Waals surface area contributed by atoms with Gasteiger partial charge in [0, 0.05) is 24.2 Å². The van der Waals surface area contributed by atoms with Crippen LogP contribution in [0.25, 0.3) is 0 Å².